The van der Waals surface area contributed by atoms with Crippen molar-refractivity contribution in [3.63, 3.8) is 0 Å². The van der Waals surface area contributed by atoms with E-state index in [9.17, 15) is 9.90 Å². The molecule has 1 fully saturated rings. The molecule has 0 aromatic carbocycles. The molecule has 6 heteroatoms. The van der Waals surface area contributed by atoms with Crippen LogP contribution in [0.4, 0.5) is 5.69 Å². The summed E-state index contributed by atoms with van der Waals surface area (Å²) in [6.45, 7) is 1.47. The molecule has 1 amide bonds. The van der Waals surface area contributed by atoms with Crippen molar-refractivity contribution in [1.29, 1.82) is 0 Å². The van der Waals surface area contributed by atoms with E-state index in [2.05, 4.69) is 14.8 Å². The third-order valence-corrected chi connectivity index (χ3v) is 3.67. The summed E-state index contributed by atoms with van der Waals surface area (Å²) in [5.41, 5.74) is 1.38. The molecule has 0 aliphatic carbocycles. The highest BCUT2D eigenvalue weighted by Crippen LogP contribution is 2.26. The molecule has 2 rings (SSSR count). The summed E-state index contributed by atoms with van der Waals surface area (Å²) in [4.78, 5) is 22.0. The van der Waals surface area contributed by atoms with Crippen LogP contribution in [0.5, 0.6) is 0 Å². The van der Waals surface area contributed by atoms with E-state index in [0.717, 1.165) is 18.7 Å². The zero-order chi connectivity index (χ0) is 15.6. The molecule has 6 nitrogen and oxygen atoms in total. The van der Waals surface area contributed by atoms with Crippen molar-refractivity contribution in [1.82, 2.24) is 14.8 Å². The van der Waals surface area contributed by atoms with Crippen LogP contribution in [0.1, 0.15) is 16.9 Å². The van der Waals surface area contributed by atoms with Crippen LogP contribution in [0.15, 0.2) is 18.3 Å². The van der Waals surface area contributed by atoms with E-state index in [1.165, 1.54) is 4.90 Å². The number of aliphatic hydroxyl groups is 1. The molecule has 2 atom stereocenters. The normalized spacial score (nSPS) is 21.9. The summed E-state index contributed by atoms with van der Waals surface area (Å²) in [6, 6.07) is 3.95. The van der Waals surface area contributed by atoms with Crippen LogP contribution >= 0.6 is 0 Å². The van der Waals surface area contributed by atoms with Gasteiger partial charge in [0.05, 0.1) is 6.10 Å². The molecule has 1 aliphatic rings. The number of aliphatic hydroxyl groups excluding tert-OH is 1. The number of hydrogen-bond acceptors (Lipinski definition) is 5. The van der Waals surface area contributed by atoms with E-state index in [1.807, 2.05) is 26.2 Å². The Balaban J connectivity index is 2.23. The van der Waals surface area contributed by atoms with Crippen molar-refractivity contribution < 1.29 is 9.90 Å². The second-order valence-corrected chi connectivity index (χ2v) is 6.06. The Morgan fingerprint density at radius 1 is 1.43 bits per heavy atom. The summed E-state index contributed by atoms with van der Waals surface area (Å²) < 4.78 is 0. The number of anilines is 1. The molecule has 2 heterocycles. The Hall–Kier alpha value is -1.66. The van der Waals surface area contributed by atoms with Gasteiger partial charge in [-0.2, -0.15) is 0 Å². The third kappa shape index (κ3) is 3.71. The number of nitrogens with zero attached hydrogens (tertiary/aromatic N) is 4. The molecule has 0 spiro atoms. The monoisotopic (exact) mass is 292 g/mol. The number of likely N-dealkylation sites (N-methyl/N-ethyl adjacent to an activating group) is 1. The second-order valence-electron chi connectivity index (χ2n) is 6.06. The van der Waals surface area contributed by atoms with Gasteiger partial charge in [0.2, 0.25) is 0 Å². The Labute approximate surface area is 126 Å². The number of aromatic nitrogens is 1. The maximum absolute atomic E-state index is 12.0. The van der Waals surface area contributed by atoms with Crippen molar-refractivity contribution in [3.8, 4) is 0 Å². The molecule has 1 aliphatic heterocycles. The van der Waals surface area contributed by atoms with Crippen LogP contribution in [0, 0.1) is 0 Å². The minimum atomic E-state index is -0.323. The third-order valence-electron chi connectivity index (χ3n) is 3.67. The lowest BCUT2D eigenvalue weighted by Crippen LogP contribution is -2.37. The number of rotatable bonds is 4. The second kappa shape index (κ2) is 6.41. The first-order valence-electron chi connectivity index (χ1n) is 7.15. The Kier molecular flexibility index (Phi) is 4.80. The number of carbonyl (C=O) groups is 1. The van der Waals surface area contributed by atoms with Crippen molar-refractivity contribution in [2.24, 2.45) is 0 Å². The number of pyridine rings is 1. The van der Waals surface area contributed by atoms with E-state index in [4.69, 9.17) is 0 Å². The molecule has 21 heavy (non-hydrogen) atoms. The highest BCUT2D eigenvalue weighted by atomic mass is 16.3. The van der Waals surface area contributed by atoms with Gasteiger partial charge in [-0.1, -0.05) is 0 Å². The highest BCUT2D eigenvalue weighted by molar-refractivity contribution is 5.92. The van der Waals surface area contributed by atoms with Crippen LogP contribution in [0.3, 0.4) is 0 Å². The Morgan fingerprint density at radius 3 is 2.76 bits per heavy atom. The van der Waals surface area contributed by atoms with Gasteiger partial charge in [0.1, 0.15) is 5.69 Å². The van der Waals surface area contributed by atoms with Gasteiger partial charge in [-0.3, -0.25) is 9.78 Å². The van der Waals surface area contributed by atoms with Gasteiger partial charge in [0.15, 0.2) is 0 Å². The zero-order valence-electron chi connectivity index (χ0n) is 13.2. The number of amides is 1. The summed E-state index contributed by atoms with van der Waals surface area (Å²) in [5, 5.41) is 9.96. The van der Waals surface area contributed by atoms with E-state index in [-0.39, 0.29) is 18.1 Å². The molecule has 0 bridgehead atoms. The highest BCUT2D eigenvalue weighted by Gasteiger charge is 2.31. The molecule has 0 saturated carbocycles. The van der Waals surface area contributed by atoms with Gasteiger partial charge in [0, 0.05) is 45.1 Å². The fourth-order valence-electron chi connectivity index (χ4n) is 2.75. The minimum absolute atomic E-state index is 0.110. The topological polar surface area (TPSA) is 59.9 Å². The number of hydrogen-bond donors (Lipinski definition) is 1. The number of β-amino-alcohol motifs (C(OH)–C–C–N with tert-alkyl or cyclic N) is 1. The van der Waals surface area contributed by atoms with Crippen molar-refractivity contribution in [2.45, 2.75) is 18.6 Å². The predicted molar refractivity (Wildman–Crippen MR) is 82.6 cm³/mol. The summed E-state index contributed by atoms with van der Waals surface area (Å²) >= 11 is 0. The van der Waals surface area contributed by atoms with Crippen LogP contribution in [0.25, 0.3) is 0 Å². The number of carbonyl (C=O) groups excluding carboxylic acids is 1. The van der Waals surface area contributed by atoms with Gasteiger partial charge in [-0.25, -0.2) is 0 Å². The summed E-state index contributed by atoms with van der Waals surface area (Å²) in [7, 11) is 7.48. The molecule has 116 valence electrons. The van der Waals surface area contributed by atoms with Crippen LogP contribution in [-0.2, 0) is 0 Å². The maximum Gasteiger partial charge on any atom is 0.272 e. The molecular weight excluding hydrogens is 268 g/mol. The first-order chi connectivity index (χ1) is 9.88. The Morgan fingerprint density at radius 2 is 2.14 bits per heavy atom. The Bertz CT molecular complexity index is 504. The van der Waals surface area contributed by atoms with Crippen molar-refractivity contribution in [3.05, 3.63) is 24.0 Å². The molecule has 2 unspecified atom stereocenters. The molecule has 0 radical (unpaired) electrons. The van der Waals surface area contributed by atoms with Crippen LogP contribution in [0.2, 0.25) is 0 Å². The van der Waals surface area contributed by atoms with E-state index in [1.54, 1.807) is 20.3 Å². The molecular formula is C15H24N4O2. The average Bonchev–Trinajstić information content (AvgIpc) is 2.78. The van der Waals surface area contributed by atoms with Crippen molar-refractivity contribution in [2.75, 3.05) is 46.2 Å². The van der Waals surface area contributed by atoms with E-state index < -0.39 is 0 Å². The fourth-order valence-corrected chi connectivity index (χ4v) is 2.75. The predicted octanol–water partition coefficient (Wildman–Crippen LogP) is 0.285. The average molecular weight is 292 g/mol. The van der Waals surface area contributed by atoms with Gasteiger partial charge in [0.25, 0.3) is 5.91 Å². The quantitative estimate of drug-likeness (QED) is 0.864. The zero-order valence-corrected chi connectivity index (χ0v) is 13.2. The lowest BCUT2D eigenvalue weighted by molar-refractivity contribution is 0.0822. The van der Waals surface area contributed by atoms with Crippen molar-refractivity contribution >= 4 is 11.6 Å². The lowest BCUT2D eigenvalue weighted by atomic mass is 10.2. The summed E-state index contributed by atoms with van der Waals surface area (Å²) in [5.74, 6) is -0.110. The molecule has 1 aromatic heterocycles. The van der Waals surface area contributed by atoms with Gasteiger partial charge < -0.3 is 19.8 Å². The standard InChI is InChI=1S/C15H24N4O2/c1-17(2)9-12-7-13(20)10-19(12)11-5-6-16-14(8-11)15(21)18(3)4/h5-6,8,12-13,20H,7,9-10H2,1-4H3. The van der Waals surface area contributed by atoms with Gasteiger partial charge in [-0.05, 0) is 32.6 Å². The fraction of sp³-hybridized carbons (Fsp3) is 0.600. The summed E-state index contributed by atoms with van der Waals surface area (Å²) in [6.07, 6.45) is 2.08. The van der Waals surface area contributed by atoms with Crippen LogP contribution in [-0.4, -0.2) is 79.2 Å². The maximum atomic E-state index is 12.0. The first-order valence-corrected chi connectivity index (χ1v) is 7.15. The SMILES string of the molecule is CN(C)CC1CC(O)CN1c1ccnc(C(=O)N(C)C)c1. The molecule has 1 saturated heterocycles. The van der Waals surface area contributed by atoms with E-state index >= 15 is 0 Å². The molecule has 1 aromatic rings. The molecule has 1 N–H and O–H groups in total. The first kappa shape index (κ1) is 15.7. The van der Waals surface area contributed by atoms with Crippen LogP contribution < -0.4 is 4.90 Å². The van der Waals surface area contributed by atoms with E-state index in [0.29, 0.717) is 12.2 Å². The smallest absolute Gasteiger partial charge is 0.272 e. The minimum Gasteiger partial charge on any atom is -0.391 e. The van der Waals surface area contributed by atoms with Gasteiger partial charge in [-0.15, -0.1) is 0 Å². The lowest BCUT2D eigenvalue weighted by Gasteiger charge is -2.28. The van der Waals surface area contributed by atoms with Gasteiger partial charge >= 0.3 is 0 Å². The largest absolute Gasteiger partial charge is 0.391 e.